The van der Waals surface area contributed by atoms with Crippen molar-refractivity contribution < 1.29 is 0 Å². The summed E-state index contributed by atoms with van der Waals surface area (Å²) in [7, 11) is 1.81. The molecule has 152 valence electrons. The van der Waals surface area contributed by atoms with Gasteiger partial charge in [-0.2, -0.15) is 5.10 Å². The fourth-order valence-electron chi connectivity index (χ4n) is 4.03. The molecule has 8 nitrogen and oxygen atoms in total. The molecule has 2 aliphatic rings. The standard InChI is InChI=1S/C19H35N7O/c1-3-11-24-14-8-16(9-15-24)22-18(20-2)21-10-6-13-26-19(27)25-12-5-4-7-17(25)23-26/h16H,3-15H2,1-2H3,(H2,20,21,22). The Morgan fingerprint density at radius 1 is 1.22 bits per heavy atom. The van der Waals surface area contributed by atoms with E-state index in [0.717, 1.165) is 76.5 Å². The lowest BCUT2D eigenvalue weighted by Crippen LogP contribution is -2.49. The number of aliphatic imine (C=N–C) groups is 1. The van der Waals surface area contributed by atoms with Gasteiger partial charge in [0.25, 0.3) is 0 Å². The van der Waals surface area contributed by atoms with E-state index in [9.17, 15) is 4.79 Å². The van der Waals surface area contributed by atoms with Crippen LogP contribution in [0.4, 0.5) is 0 Å². The Kier molecular flexibility index (Phi) is 7.32. The number of rotatable bonds is 7. The lowest BCUT2D eigenvalue weighted by Gasteiger charge is -2.32. The van der Waals surface area contributed by atoms with Crippen LogP contribution in [0.5, 0.6) is 0 Å². The van der Waals surface area contributed by atoms with Crippen molar-refractivity contribution in [2.45, 2.75) is 71.0 Å². The summed E-state index contributed by atoms with van der Waals surface area (Å²) >= 11 is 0. The molecule has 27 heavy (non-hydrogen) atoms. The number of piperidine rings is 1. The van der Waals surface area contributed by atoms with Crippen molar-refractivity contribution in [3.63, 3.8) is 0 Å². The van der Waals surface area contributed by atoms with Gasteiger partial charge in [-0.15, -0.1) is 0 Å². The number of guanidine groups is 1. The van der Waals surface area contributed by atoms with Crippen molar-refractivity contribution >= 4 is 5.96 Å². The average molecular weight is 378 g/mol. The topological polar surface area (TPSA) is 79.5 Å². The van der Waals surface area contributed by atoms with Crippen LogP contribution in [0.25, 0.3) is 0 Å². The third-order valence-electron chi connectivity index (χ3n) is 5.56. The molecule has 3 rings (SSSR count). The highest BCUT2D eigenvalue weighted by Gasteiger charge is 2.19. The molecule has 0 aromatic carbocycles. The fourth-order valence-corrected chi connectivity index (χ4v) is 4.03. The minimum absolute atomic E-state index is 0.0473. The van der Waals surface area contributed by atoms with Gasteiger partial charge in [0.2, 0.25) is 0 Å². The SMILES string of the molecule is CCCN1CCC(NC(=NC)NCCCn2nc3n(c2=O)CCCC3)CC1. The molecule has 0 bridgehead atoms. The molecule has 1 saturated heterocycles. The normalized spacial score (nSPS) is 19.1. The summed E-state index contributed by atoms with van der Waals surface area (Å²) in [6.45, 7) is 8.02. The Morgan fingerprint density at radius 2 is 2.04 bits per heavy atom. The average Bonchev–Trinajstić information content (AvgIpc) is 3.02. The Bertz CT molecular complexity index is 670. The summed E-state index contributed by atoms with van der Waals surface area (Å²) < 4.78 is 3.46. The number of hydrogen-bond donors (Lipinski definition) is 2. The summed E-state index contributed by atoms with van der Waals surface area (Å²) in [4.78, 5) is 19.2. The highest BCUT2D eigenvalue weighted by atomic mass is 16.2. The molecule has 0 amide bonds. The second-order valence-corrected chi connectivity index (χ2v) is 7.64. The van der Waals surface area contributed by atoms with Crippen LogP contribution >= 0.6 is 0 Å². The molecule has 0 radical (unpaired) electrons. The van der Waals surface area contributed by atoms with E-state index < -0.39 is 0 Å². The molecule has 0 unspecified atom stereocenters. The number of nitrogens with one attached hydrogen (secondary N) is 2. The summed E-state index contributed by atoms with van der Waals surface area (Å²) in [5.41, 5.74) is 0.0473. The minimum Gasteiger partial charge on any atom is -0.356 e. The van der Waals surface area contributed by atoms with Gasteiger partial charge in [0.05, 0.1) is 0 Å². The maximum Gasteiger partial charge on any atom is 0.345 e. The van der Waals surface area contributed by atoms with Crippen LogP contribution in [-0.4, -0.2) is 64.5 Å². The third-order valence-corrected chi connectivity index (χ3v) is 5.56. The van der Waals surface area contributed by atoms with Crippen molar-refractivity contribution in [2.24, 2.45) is 4.99 Å². The Labute approximate surface area is 162 Å². The van der Waals surface area contributed by atoms with Crippen LogP contribution in [0.2, 0.25) is 0 Å². The van der Waals surface area contributed by atoms with Crippen LogP contribution < -0.4 is 16.3 Å². The summed E-state index contributed by atoms with van der Waals surface area (Å²) in [5.74, 6) is 1.81. The maximum atomic E-state index is 12.3. The van der Waals surface area contributed by atoms with Gasteiger partial charge in [0, 0.05) is 52.2 Å². The van der Waals surface area contributed by atoms with E-state index in [1.54, 1.807) is 4.68 Å². The molecule has 1 fully saturated rings. The van der Waals surface area contributed by atoms with E-state index in [2.05, 4.69) is 32.5 Å². The van der Waals surface area contributed by atoms with E-state index in [1.165, 1.54) is 13.0 Å². The molecule has 0 spiro atoms. The van der Waals surface area contributed by atoms with Gasteiger partial charge < -0.3 is 15.5 Å². The Morgan fingerprint density at radius 3 is 2.74 bits per heavy atom. The van der Waals surface area contributed by atoms with Gasteiger partial charge in [0.15, 0.2) is 5.96 Å². The number of hydrogen-bond acceptors (Lipinski definition) is 4. The molecule has 0 atom stereocenters. The zero-order valence-electron chi connectivity index (χ0n) is 16.9. The largest absolute Gasteiger partial charge is 0.356 e. The summed E-state index contributed by atoms with van der Waals surface area (Å²) in [5, 5.41) is 11.4. The predicted molar refractivity (Wildman–Crippen MR) is 108 cm³/mol. The van der Waals surface area contributed by atoms with E-state index in [1.807, 2.05) is 11.6 Å². The van der Waals surface area contributed by atoms with Gasteiger partial charge in [-0.25, -0.2) is 9.48 Å². The van der Waals surface area contributed by atoms with Crippen molar-refractivity contribution in [1.82, 2.24) is 29.9 Å². The molecule has 8 heteroatoms. The van der Waals surface area contributed by atoms with Gasteiger partial charge in [0.1, 0.15) is 5.82 Å². The second-order valence-electron chi connectivity index (χ2n) is 7.64. The number of nitrogens with zero attached hydrogens (tertiary/aromatic N) is 5. The smallest absolute Gasteiger partial charge is 0.345 e. The monoisotopic (exact) mass is 377 g/mol. The predicted octanol–water partition coefficient (Wildman–Crippen LogP) is 0.811. The van der Waals surface area contributed by atoms with Gasteiger partial charge in [-0.1, -0.05) is 6.92 Å². The zero-order chi connectivity index (χ0) is 19.1. The minimum atomic E-state index is 0.0473. The first-order chi connectivity index (χ1) is 13.2. The highest BCUT2D eigenvalue weighted by molar-refractivity contribution is 5.79. The van der Waals surface area contributed by atoms with Crippen molar-refractivity contribution in [2.75, 3.05) is 33.2 Å². The number of likely N-dealkylation sites (tertiary alicyclic amines) is 1. The van der Waals surface area contributed by atoms with E-state index in [0.29, 0.717) is 12.6 Å². The molecule has 1 aromatic rings. The van der Waals surface area contributed by atoms with E-state index in [-0.39, 0.29) is 5.69 Å². The lowest BCUT2D eigenvalue weighted by atomic mass is 10.1. The Hall–Kier alpha value is -1.83. The first-order valence-electron chi connectivity index (χ1n) is 10.6. The van der Waals surface area contributed by atoms with Gasteiger partial charge in [-0.3, -0.25) is 9.56 Å². The molecule has 2 aliphatic heterocycles. The first kappa shape index (κ1) is 19.9. The van der Waals surface area contributed by atoms with Crippen molar-refractivity contribution in [3.8, 4) is 0 Å². The molecular weight excluding hydrogens is 342 g/mol. The fraction of sp³-hybridized carbons (Fsp3) is 0.842. The van der Waals surface area contributed by atoms with Gasteiger partial charge in [-0.05, 0) is 45.1 Å². The van der Waals surface area contributed by atoms with E-state index in [4.69, 9.17) is 0 Å². The lowest BCUT2D eigenvalue weighted by molar-refractivity contribution is 0.206. The quantitative estimate of drug-likeness (QED) is 0.418. The van der Waals surface area contributed by atoms with Gasteiger partial charge >= 0.3 is 5.69 Å². The van der Waals surface area contributed by atoms with Crippen LogP contribution in [0, 0.1) is 0 Å². The molecular formula is C19H35N7O. The van der Waals surface area contributed by atoms with Crippen LogP contribution in [0.15, 0.2) is 9.79 Å². The van der Waals surface area contributed by atoms with E-state index >= 15 is 0 Å². The summed E-state index contributed by atoms with van der Waals surface area (Å²) in [6.07, 6.45) is 7.55. The number of aryl methyl sites for hydroxylation is 2. The Balaban J connectivity index is 1.38. The molecule has 0 aliphatic carbocycles. The third kappa shape index (κ3) is 5.34. The molecule has 3 heterocycles. The van der Waals surface area contributed by atoms with Crippen molar-refractivity contribution in [1.29, 1.82) is 0 Å². The number of aromatic nitrogens is 3. The van der Waals surface area contributed by atoms with Crippen LogP contribution in [0.1, 0.15) is 51.3 Å². The first-order valence-corrected chi connectivity index (χ1v) is 10.6. The van der Waals surface area contributed by atoms with Crippen LogP contribution in [-0.2, 0) is 19.5 Å². The van der Waals surface area contributed by atoms with Crippen LogP contribution in [0.3, 0.4) is 0 Å². The maximum absolute atomic E-state index is 12.3. The molecule has 2 N–H and O–H groups in total. The highest BCUT2D eigenvalue weighted by Crippen LogP contribution is 2.11. The molecule has 1 aromatic heterocycles. The summed E-state index contributed by atoms with van der Waals surface area (Å²) in [6, 6.07) is 0.492. The van der Waals surface area contributed by atoms with Crippen molar-refractivity contribution in [3.05, 3.63) is 16.3 Å². The zero-order valence-corrected chi connectivity index (χ0v) is 16.9. The molecule has 0 saturated carbocycles. The number of fused-ring (bicyclic) bond motifs is 1. The second kappa shape index (κ2) is 9.92.